The molecule has 4 unspecified atom stereocenters. The van der Waals surface area contributed by atoms with E-state index in [4.69, 9.17) is 18.9 Å². The van der Waals surface area contributed by atoms with Crippen molar-refractivity contribution in [1.29, 1.82) is 0 Å². The van der Waals surface area contributed by atoms with E-state index in [0.717, 1.165) is 16.7 Å². The Kier molecular flexibility index (Phi) is 7.82. The maximum atomic E-state index is 10.3. The molecule has 1 N–H and O–H groups in total. The van der Waals surface area contributed by atoms with Gasteiger partial charge in [0.05, 0.1) is 25.9 Å². The number of aliphatic hydroxyl groups excluding tert-OH is 1. The Hall–Kier alpha value is -2.54. The van der Waals surface area contributed by atoms with Gasteiger partial charge in [0.15, 0.2) is 12.6 Å². The van der Waals surface area contributed by atoms with Gasteiger partial charge < -0.3 is 24.1 Å². The molecule has 0 saturated carbocycles. The van der Waals surface area contributed by atoms with Gasteiger partial charge in [-0.1, -0.05) is 91.0 Å². The van der Waals surface area contributed by atoms with E-state index in [2.05, 4.69) is 0 Å². The first-order chi connectivity index (χ1) is 15.3. The fourth-order valence-corrected chi connectivity index (χ4v) is 3.58. The van der Waals surface area contributed by atoms with E-state index in [1.807, 2.05) is 91.0 Å². The first-order valence-electron chi connectivity index (χ1n) is 10.6. The van der Waals surface area contributed by atoms with Crippen molar-refractivity contribution in [2.75, 3.05) is 0 Å². The van der Waals surface area contributed by atoms with E-state index in [1.165, 1.54) is 0 Å². The van der Waals surface area contributed by atoms with Gasteiger partial charge in [0.25, 0.3) is 0 Å². The molecule has 3 aromatic carbocycles. The Balaban J connectivity index is 1.46. The van der Waals surface area contributed by atoms with E-state index in [1.54, 1.807) is 0 Å². The summed E-state index contributed by atoms with van der Waals surface area (Å²) < 4.78 is 24.2. The lowest BCUT2D eigenvalue weighted by Gasteiger charge is -2.39. The van der Waals surface area contributed by atoms with Crippen LogP contribution in [0.15, 0.2) is 91.0 Å². The van der Waals surface area contributed by atoms with Crippen LogP contribution in [0.3, 0.4) is 0 Å². The van der Waals surface area contributed by atoms with Crippen molar-refractivity contribution in [2.45, 2.75) is 51.0 Å². The van der Waals surface area contributed by atoms with Gasteiger partial charge in [0.1, 0.15) is 6.10 Å². The van der Waals surface area contributed by atoms with Crippen LogP contribution in [0.25, 0.3) is 0 Å². The summed E-state index contributed by atoms with van der Waals surface area (Å²) in [6.45, 7) is 1.19. The molecule has 162 valence electrons. The third-order valence-electron chi connectivity index (χ3n) is 5.21. The van der Waals surface area contributed by atoms with Crippen molar-refractivity contribution in [3.63, 3.8) is 0 Å². The van der Waals surface area contributed by atoms with Crippen LogP contribution < -0.4 is 0 Å². The summed E-state index contributed by atoms with van der Waals surface area (Å²) in [5, 5.41) is 10.3. The third kappa shape index (κ3) is 6.47. The quantitative estimate of drug-likeness (QED) is 0.555. The summed E-state index contributed by atoms with van der Waals surface area (Å²) in [6, 6.07) is 29.8. The molecule has 4 rings (SSSR count). The molecule has 4 atom stereocenters. The predicted molar refractivity (Wildman–Crippen MR) is 117 cm³/mol. The lowest BCUT2D eigenvalue weighted by molar-refractivity contribution is -0.326. The van der Waals surface area contributed by atoms with Crippen molar-refractivity contribution in [2.24, 2.45) is 0 Å². The SMILES string of the molecule is OC1CC(OCc2ccccc2)C(OCc2ccccc2)C(OCc2ccccc2)O1. The second-order valence-corrected chi connectivity index (χ2v) is 7.59. The first kappa shape index (κ1) is 21.7. The molecule has 1 saturated heterocycles. The second-order valence-electron chi connectivity index (χ2n) is 7.59. The van der Waals surface area contributed by atoms with Crippen molar-refractivity contribution in [3.05, 3.63) is 108 Å². The van der Waals surface area contributed by atoms with Crippen LogP contribution >= 0.6 is 0 Å². The van der Waals surface area contributed by atoms with E-state index in [-0.39, 0.29) is 6.10 Å². The molecule has 1 aliphatic heterocycles. The molecule has 0 radical (unpaired) electrons. The lowest BCUT2D eigenvalue weighted by atomic mass is 10.1. The van der Waals surface area contributed by atoms with Gasteiger partial charge in [0, 0.05) is 6.42 Å². The van der Waals surface area contributed by atoms with Crippen LogP contribution in [0.2, 0.25) is 0 Å². The van der Waals surface area contributed by atoms with Crippen LogP contribution in [-0.4, -0.2) is 29.9 Å². The average Bonchev–Trinajstić information content (AvgIpc) is 2.82. The summed E-state index contributed by atoms with van der Waals surface area (Å²) in [5.74, 6) is 0. The molecule has 0 aromatic heterocycles. The molecule has 0 bridgehead atoms. The van der Waals surface area contributed by atoms with Gasteiger partial charge in [-0.05, 0) is 16.7 Å². The minimum Gasteiger partial charge on any atom is -0.370 e. The highest BCUT2D eigenvalue weighted by Crippen LogP contribution is 2.27. The Morgan fingerprint density at radius 3 is 1.61 bits per heavy atom. The Morgan fingerprint density at radius 2 is 1.10 bits per heavy atom. The van der Waals surface area contributed by atoms with Crippen molar-refractivity contribution in [1.82, 2.24) is 0 Å². The topological polar surface area (TPSA) is 57.2 Å². The normalized spacial score (nSPS) is 23.5. The smallest absolute Gasteiger partial charge is 0.189 e. The van der Waals surface area contributed by atoms with Gasteiger partial charge in [-0.3, -0.25) is 0 Å². The molecule has 31 heavy (non-hydrogen) atoms. The highest BCUT2D eigenvalue weighted by Gasteiger charge is 2.40. The third-order valence-corrected chi connectivity index (χ3v) is 5.21. The van der Waals surface area contributed by atoms with Crippen molar-refractivity contribution < 1.29 is 24.1 Å². The maximum absolute atomic E-state index is 10.3. The Labute approximate surface area is 183 Å². The molecule has 5 heteroatoms. The van der Waals surface area contributed by atoms with Gasteiger partial charge in [-0.2, -0.15) is 0 Å². The summed E-state index contributed by atoms with van der Waals surface area (Å²) in [5.41, 5.74) is 3.14. The molecule has 1 heterocycles. The minimum atomic E-state index is -0.974. The van der Waals surface area contributed by atoms with Gasteiger partial charge in [0.2, 0.25) is 0 Å². The van der Waals surface area contributed by atoms with Gasteiger partial charge in [-0.25, -0.2) is 0 Å². The van der Waals surface area contributed by atoms with Crippen LogP contribution in [-0.2, 0) is 38.8 Å². The van der Waals surface area contributed by atoms with Crippen LogP contribution in [0, 0.1) is 0 Å². The van der Waals surface area contributed by atoms with E-state index >= 15 is 0 Å². The molecular weight excluding hydrogens is 392 g/mol. The Morgan fingerprint density at radius 1 is 0.645 bits per heavy atom. The lowest BCUT2D eigenvalue weighted by Crippen LogP contribution is -2.51. The van der Waals surface area contributed by atoms with E-state index in [9.17, 15) is 5.11 Å². The maximum Gasteiger partial charge on any atom is 0.189 e. The van der Waals surface area contributed by atoms with Crippen LogP contribution in [0.4, 0.5) is 0 Å². The fraction of sp³-hybridized carbons (Fsp3) is 0.308. The molecular formula is C26H28O5. The zero-order valence-electron chi connectivity index (χ0n) is 17.4. The summed E-state index contributed by atoms with van der Waals surface area (Å²) in [7, 11) is 0. The molecule has 1 aliphatic rings. The fourth-order valence-electron chi connectivity index (χ4n) is 3.58. The number of benzene rings is 3. The summed E-state index contributed by atoms with van der Waals surface area (Å²) >= 11 is 0. The monoisotopic (exact) mass is 420 g/mol. The van der Waals surface area contributed by atoms with E-state index < -0.39 is 18.7 Å². The van der Waals surface area contributed by atoms with Crippen molar-refractivity contribution >= 4 is 0 Å². The van der Waals surface area contributed by atoms with Crippen LogP contribution in [0.1, 0.15) is 23.1 Å². The highest BCUT2D eigenvalue weighted by molar-refractivity contribution is 5.15. The second kappa shape index (κ2) is 11.2. The highest BCUT2D eigenvalue weighted by atomic mass is 16.7. The molecule has 0 aliphatic carbocycles. The number of hydrogen-bond acceptors (Lipinski definition) is 5. The Bertz CT molecular complexity index is 834. The first-order valence-corrected chi connectivity index (χ1v) is 10.6. The summed E-state index contributed by atoms with van der Waals surface area (Å²) in [4.78, 5) is 0. The van der Waals surface area contributed by atoms with Gasteiger partial charge in [-0.15, -0.1) is 0 Å². The molecule has 0 amide bonds. The van der Waals surface area contributed by atoms with E-state index in [0.29, 0.717) is 26.2 Å². The number of rotatable bonds is 9. The zero-order valence-corrected chi connectivity index (χ0v) is 17.4. The minimum absolute atomic E-state index is 0.317. The van der Waals surface area contributed by atoms with Crippen molar-refractivity contribution in [3.8, 4) is 0 Å². The zero-order chi connectivity index (χ0) is 21.3. The van der Waals surface area contributed by atoms with Crippen LogP contribution in [0.5, 0.6) is 0 Å². The van der Waals surface area contributed by atoms with Gasteiger partial charge >= 0.3 is 0 Å². The predicted octanol–water partition coefficient (Wildman–Crippen LogP) is 4.44. The summed E-state index contributed by atoms with van der Waals surface area (Å²) in [6.07, 6.45) is -2.24. The average molecular weight is 421 g/mol. The largest absolute Gasteiger partial charge is 0.370 e. The molecule has 1 fully saturated rings. The number of hydrogen-bond donors (Lipinski definition) is 1. The molecule has 3 aromatic rings. The standard InChI is InChI=1S/C26H28O5/c27-24-16-23(28-17-20-10-4-1-5-11-20)25(29-18-21-12-6-2-7-13-21)26(31-24)30-19-22-14-8-3-9-15-22/h1-15,23-27H,16-19H2. The molecule has 5 nitrogen and oxygen atoms in total. The number of aliphatic hydroxyl groups is 1. The molecule has 0 spiro atoms. The number of ether oxygens (including phenoxy) is 4.